The molecule has 0 aromatic heterocycles. The van der Waals surface area contributed by atoms with E-state index in [-0.39, 0.29) is 34.1 Å². The zero-order chi connectivity index (χ0) is 26.8. The lowest BCUT2D eigenvalue weighted by Crippen LogP contribution is -2.53. The van der Waals surface area contributed by atoms with E-state index in [1.54, 1.807) is 11.8 Å². The maximum absolute atomic E-state index is 13.9. The number of benzene rings is 3. The van der Waals surface area contributed by atoms with Crippen molar-refractivity contribution >= 4 is 23.6 Å². The Morgan fingerprint density at radius 2 is 1.32 bits per heavy atom. The summed E-state index contributed by atoms with van der Waals surface area (Å²) < 4.78 is 0. The Balaban J connectivity index is 1.65. The molecule has 0 radical (unpaired) electrons. The summed E-state index contributed by atoms with van der Waals surface area (Å²) in [4.78, 5) is 29.6. The number of hydrogen-bond acceptors (Lipinski definition) is 3. The standard InChI is InChI=1S/C32H38N2O2S/c1-31(2,3)25-19-17-24(18-20-25)29(36)34-26(21-37-30(34)32(4,5)6)28(35)33-27(22-13-9-7-10-14-22)23-15-11-8-12-16-23/h7-20,26-27,30H,21H2,1-6H3,(H,33,35). The largest absolute Gasteiger partial charge is 0.343 e. The predicted octanol–water partition coefficient (Wildman–Crippen LogP) is 6.82. The molecule has 0 spiro atoms. The van der Waals surface area contributed by atoms with Crippen LogP contribution in [0.5, 0.6) is 0 Å². The van der Waals surface area contributed by atoms with Gasteiger partial charge >= 0.3 is 0 Å². The van der Waals surface area contributed by atoms with Crippen LogP contribution in [-0.4, -0.2) is 33.9 Å². The molecule has 1 saturated heterocycles. The van der Waals surface area contributed by atoms with Gasteiger partial charge in [0.05, 0.1) is 11.4 Å². The van der Waals surface area contributed by atoms with Crippen molar-refractivity contribution in [1.82, 2.24) is 10.2 Å². The molecule has 0 bridgehead atoms. The fraction of sp³-hybridized carbons (Fsp3) is 0.375. The zero-order valence-corrected chi connectivity index (χ0v) is 23.5. The average molecular weight is 515 g/mol. The van der Waals surface area contributed by atoms with E-state index in [0.717, 1.165) is 11.1 Å². The van der Waals surface area contributed by atoms with Gasteiger partial charge < -0.3 is 10.2 Å². The molecule has 0 aliphatic carbocycles. The summed E-state index contributed by atoms with van der Waals surface area (Å²) in [5, 5.41) is 3.18. The van der Waals surface area contributed by atoms with Crippen LogP contribution in [0.4, 0.5) is 0 Å². The topological polar surface area (TPSA) is 49.4 Å². The highest BCUT2D eigenvalue weighted by atomic mass is 32.2. The number of thioether (sulfide) groups is 1. The van der Waals surface area contributed by atoms with Gasteiger partial charge in [-0.3, -0.25) is 9.59 Å². The smallest absolute Gasteiger partial charge is 0.255 e. The Kier molecular flexibility index (Phi) is 7.84. The van der Waals surface area contributed by atoms with Gasteiger partial charge in [0, 0.05) is 11.3 Å². The number of nitrogens with zero attached hydrogens (tertiary/aromatic N) is 1. The van der Waals surface area contributed by atoms with Gasteiger partial charge in [-0.1, -0.05) is 114 Å². The van der Waals surface area contributed by atoms with Crippen molar-refractivity contribution in [2.45, 2.75) is 64.4 Å². The molecule has 1 fully saturated rings. The third-order valence-electron chi connectivity index (χ3n) is 6.83. The minimum Gasteiger partial charge on any atom is -0.343 e. The van der Waals surface area contributed by atoms with E-state index in [1.807, 2.05) is 89.8 Å². The summed E-state index contributed by atoms with van der Waals surface area (Å²) >= 11 is 1.69. The van der Waals surface area contributed by atoms with Crippen LogP contribution in [0.3, 0.4) is 0 Å². The lowest BCUT2D eigenvalue weighted by molar-refractivity contribution is -0.125. The molecule has 2 atom stereocenters. The molecule has 1 heterocycles. The molecule has 3 aromatic rings. The first kappa shape index (κ1) is 27.0. The van der Waals surface area contributed by atoms with Crippen LogP contribution in [0.2, 0.25) is 0 Å². The van der Waals surface area contributed by atoms with Gasteiger partial charge in [0.2, 0.25) is 5.91 Å². The molecule has 194 valence electrons. The molecular formula is C32H38N2O2S. The number of rotatable bonds is 5. The fourth-order valence-electron chi connectivity index (χ4n) is 4.77. The van der Waals surface area contributed by atoms with Crippen molar-refractivity contribution in [3.63, 3.8) is 0 Å². The van der Waals surface area contributed by atoms with Crippen molar-refractivity contribution in [1.29, 1.82) is 0 Å². The third kappa shape index (κ3) is 6.10. The van der Waals surface area contributed by atoms with Gasteiger partial charge in [0.25, 0.3) is 5.91 Å². The number of amides is 2. The maximum atomic E-state index is 13.9. The SMILES string of the molecule is CC(C)(C)c1ccc(C(=O)N2C(C(=O)NC(c3ccccc3)c3ccccc3)CSC2C(C)(C)C)cc1. The van der Waals surface area contributed by atoms with Crippen molar-refractivity contribution in [3.8, 4) is 0 Å². The third-order valence-corrected chi connectivity index (χ3v) is 8.59. The second-order valence-electron chi connectivity index (χ2n) is 11.9. The highest BCUT2D eigenvalue weighted by molar-refractivity contribution is 8.00. The summed E-state index contributed by atoms with van der Waals surface area (Å²) in [6, 6.07) is 27.0. The lowest BCUT2D eigenvalue weighted by atomic mass is 9.86. The van der Waals surface area contributed by atoms with Crippen molar-refractivity contribution < 1.29 is 9.59 Å². The minimum atomic E-state index is -0.557. The molecule has 5 heteroatoms. The van der Waals surface area contributed by atoms with E-state index >= 15 is 0 Å². The fourth-order valence-corrected chi connectivity index (χ4v) is 6.35. The average Bonchev–Trinajstić information content (AvgIpc) is 3.33. The van der Waals surface area contributed by atoms with Crippen LogP contribution in [0, 0.1) is 5.41 Å². The van der Waals surface area contributed by atoms with E-state index < -0.39 is 6.04 Å². The molecule has 37 heavy (non-hydrogen) atoms. The Morgan fingerprint density at radius 3 is 1.78 bits per heavy atom. The Hall–Kier alpha value is -3.05. The number of carbonyl (C=O) groups is 2. The van der Waals surface area contributed by atoms with Gasteiger partial charge in [-0.25, -0.2) is 0 Å². The second-order valence-corrected chi connectivity index (χ2v) is 13.0. The summed E-state index contributed by atoms with van der Waals surface area (Å²) in [5.74, 6) is 0.341. The molecular weight excluding hydrogens is 476 g/mol. The summed E-state index contributed by atoms with van der Waals surface area (Å²) in [7, 11) is 0. The van der Waals surface area contributed by atoms with Crippen LogP contribution in [0.25, 0.3) is 0 Å². The normalized spacial score (nSPS) is 18.2. The van der Waals surface area contributed by atoms with Crippen LogP contribution in [0.1, 0.15) is 74.6 Å². The zero-order valence-electron chi connectivity index (χ0n) is 22.7. The molecule has 0 saturated carbocycles. The maximum Gasteiger partial charge on any atom is 0.255 e. The van der Waals surface area contributed by atoms with Crippen LogP contribution in [0.15, 0.2) is 84.9 Å². The molecule has 4 rings (SSSR count). The number of hydrogen-bond donors (Lipinski definition) is 1. The van der Waals surface area contributed by atoms with E-state index in [0.29, 0.717) is 11.3 Å². The van der Waals surface area contributed by atoms with Gasteiger partial charge in [-0.2, -0.15) is 0 Å². The molecule has 2 amide bonds. The Bertz CT molecular complexity index is 1170. The lowest BCUT2D eigenvalue weighted by Gasteiger charge is -2.37. The number of carbonyl (C=O) groups excluding carboxylic acids is 2. The van der Waals surface area contributed by atoms with E-state index in [1.165, 1.54) is 5.56 Å². The predicted molar refractivity (Wildman–Crippen MR) is 154 cm³/mol. The highest BCUT2D eigenvalue weighted by Gasteiger charge is 2.47. The number of nitrogens with one attached hydrogen (secondary N) is 1. The first-order chi connectivity index (χ1) is 17.5. The summed E-state index contributed by atoms with van der Waals surface area (Å²) in [6.45, 7) is 12.9. The van der Waals surface area contributed by atoms with E-state index in [2.05, 4.69) is 46.9 Å². The Morgan fingerprint density at radius 1 is 0.811 bits per heavy atom. The molecule has 1 aliphatic rings. The van der Waals surface area contributed by atoms with Gasteiger partial charge in [0.1, 0.15) is 6.04 Å². The minimum absolute atomic E-state index is 0.00529. The monoisotopic (exact) mass is 514 g/mol. The summed E-state index contributed by atoms with van der Waals surface area (Å²) in [5.41, 5.74) is 3.64. The van der Waals surface area contributed by atoms with Gasteiger partial charge in [-0.05, 0) is 39.7 Å². The molecule has 2 unspecified atom stereocenters. The molecule has 3 aromatic carbocycles. The first-order valence-electron chi connectivity index (χ1n) is 12.9. The van der Waals surface area contributed by atoms with Gasteiger partial charge in [0.15, 0.2) is 0 Å². The Labute approximate surface area is 225 Å². The highest BCUT2D eigenvalue weighted by Crippen LogP contribution is 2.41. The van der Waals surface area contributed by atoms with Gasteiger partial charge in [-0.15, -0.1) is 11.8 Å². The van der Waals surface area contributed by atoms with E-state index in [9.17, 15) is 9.59 Å². The van der Waals surface area contributed by atoms with Crippen LogP contribution in [-0.2, 0) is 10.2 Å². The first-order valence-corrected chi connectivity index (χ1v) is 14.0. The van der Waals surface area contributed by atoms with E-state index in [4.69, 9.17) is 0 Å². The van der Waals surface area contributed by atoms with Crippen LogP contribution >= 0.6 is 11.8 Å². The van der Waals surface area contributed by atoms with Crippen molar-refractivity contribution in [2.75, 3.05) is 5.75 Å². The molecule has 1 aliphatic heterocycles. The second kappa shape index (κ2) is 10.7. The molecule has 4 nitrogen and oxygen atoms in total. The van der Waals surface area contributed by atoms with Crippen molar-refractivity contribution in [3.05, 3.63) is 107 Å². The summed E-state index contributed by atoms with van der Waals surface area (Å²) in [6.07, 6.45) is 0. The van der Waals surface area contributed by atoms with Crippen LogP contribution < -0.4 is 5.32 Å². The van der Waals surface area contributed by atoms with Crippen molar-refractivity contribution in [2.24, 2.45) is 5.41 Å². The molecule has 1 N–H and O–H groups in total. The quantitative estimate of drug-likeness (QED) is 0.406.